The molecule has 0 bridgehead atoms. The lowest BCUT2D eigenvalue weighted by atomic mass is 9.52. The average molecular weight is 703 g/mol. The summed E-state index contributed by atoms with van der Waals surface area (Å²) in [5.41, 5.74) is 2.23. The van der Waals surface area contributed by atoms with Crippen molar-refractivity contribution in [3.63, 3.8) is 0 Å². The van der Waals surface area contributed by atoms with Crippen LogP contribution in [0.2, 0.25) is 0 Å². The molecule has 0 spiro atoms. The highest BCUT2D eigenvalue weighted by Crippen LogP contribution is 2.53. The standard InChI is InChI=1S/C39H51FN6O5/c1-38(2)24-39(3,4)37(38)42-34(49)26-6-8-28(9-7-26)45-14-12-25(13-15-45)22-44-16-18-46(19-17-44)32-21-29(27(23-47)20-30(32)40)36(51)43(5)31-10-11-33(48)41-35(31)50/h6-9,20-21,23,25,31,37H,10-19,22,24H2,1-5H3,(H,42,49)(H,41,48,50). The number of benzene rings is 2. The number of halogens is 1. The molecule has 6 rings (SSSR count). The summed E-state index contributed by atoms with van der Waals surface area (Å²) in [6.07, 6.45) is 3.95. The Morgan fingerprint density at radius 3 is 2.18 bits per heavy atom. The van der Waals surface area contributed by atoms with Crippen molar-refractivity contribution in [2.45, 2.75) is 71.9 Å². The minimum atomic E-state index is -0.852. The first-order valence-corrected chi connectivity index (χ1v) is 18.2. The van der Waals surface area contributed by atoms with Crippen molar-refractivity contribution in [1.82, 2.24) is 20.4 Å². The fourth-order valence-corrected chi connectivity index (χ4v) is 9.13. The summed E-state index contributed by atoms with van der Waals surface area (Å²) in [5.74, 6) is -1.57. The fourth-order valence-electron chi connectivity index (χ4n) is 9.13. The number of aldehydes is 1. The zero-order valence-electron chi connectivity index (χ0n) is 30.5. The first kappa shape index (κ1) is 36.5. The van der Waals surface area contributed by atoms with E-state index in [2.05, 4.69) is 60.3 Å². The van der Waals surface area contributed by atoms with Crippen LogP contribution in [0.3, 0.4) is 0 Å². The zero-order chi connectivity index (χ0) is 36.7. The second kappa shape index (κ2) is 14.4. The van der Waals surface area contributed by atoms with E-state index in [9.17, 15) is 24.0 Å². The lowest BCUT2D eigenvalue weighted by Gasteiger charge is -2.57. The molecule has 3 heterocycles. The third-order valence-corrected chi connectivity index (χ3v) is 11.6. The first-order valence-electron chi connectivity index (χ1n) is 18.2. The van der Waals surface area contributed by atoms with Crippen LogP contribution >= 0.6 is 0 Å². The molecule has 12 heteroatoms. The summed E-state index contributed by atoms with van der Waals surface area (Å²) >= 11 is 0. The minimum absolute atomic E-state index is 0.0155. The zero-order valence-corrected chi connectivity index (χ0v) is 30.5. The average Bonchev–Trinajstić information content (AvgIpc) is 3.10. The van der Waals surface area contributed by atoms with E-state index in [0.29, 0.717) is 30.9 Å². The van der Waals surface area contributed by atoms with Crippen LogP contribution in [0, 0.1) is 22.6 Å². The van der Waals surface area contributed by atoms with Crippen molar-refractivity contribution in [1.29, 1.82) is 0 Å². The van der Waals surface area contributed by atoms with Crippen LogP contribution in [-0.4, -0.2) is 105 Å². The number of likely N-dealkylation sites (N-methyl/N-ethyl adjacent to an activating group) is 1. The monoisotopic (exact) mass is 702 g/mol. The van der Waals surface area contributed by atoms with Gasteiger partial charge in [0, 0.05) is 82.1 Å². The fraction of sp³-hybridized carbons (Fsp3) is 0.564. The van der Waals surface area contributed by atoms with E-state index in [1.165, 1.54) is 18.0 Å². The number of piperidine rings is 2. The van der Waals surface area contributed by atoms with E-state index in [4.69, 9.17) is 0 Å². The maximum absolute atomic E-state index is 15.3. The Bertz CT molecular complexity index is 1660. The Kier molecular flexibility index (Phi) is 10.3. The SMILES string of the molecule is CN(C(=O)c1cc(N2CCN(CC3CCN(c4ccc(C(=O)NC5C(C)(C)CC5(C)C)cc4)CC3)CC2)c(F)cc1C=O)C1CCC(=O)NC1=O. The maximum atomic E-state index is 15.3. The molecule has 11 nitrogen and oxygen atoms in total. The van der Waals surface area contributed by atoms with Gasteiger partial charge in [0.05, 0.1) is 11.3 Å². The summed E-state index contributed by atoms with van der Waals surface area (Å²) in [6.45, 7) is 14.3. The molecule has 1 aliphatic carbocycles. The molecule has 3 aliphatic heterocycles. The largest absolute Gasteiger partial charge is 0.372 e. The number of nitrogens with zero attached hydrogens (tertiary/aromatic N) is 4. The summed E-state index contributed by atoms with van der Waals surface area (Å²) in [5, 5.41) is 5.52. The lowest BCUT2D eigenvalue weighted by molar-refractivity contribution is -0.136. The Balaban J connectivity index is 0.990. The molecule has 2 N–H and O–H groups in total. The van der Waals surface area contributed by atoms with Crippen LogP contribution in [0.4, 0.5) is 15.8 Å². The summed E-state index contributed by atoms with van der Waals surface area (Å²) < 4.78 is 15.3. The number of carbonyl (C=O) groups is 5. The molecule has 2 aromatic carbocycles. The quantitative estimate of drug-likeness (QED) is 0.296. The highest BCUT2D eigenvalue weighted by Gasteiger charge is 2.53. The highest BCUT2D eigenvalue weighted by atomic mass is 19.1. The van der Waals surface area contributed by atoms with Gasteiger partial charge in [-0.3, -0.25) is 34.2 Å². The number of rotatable bonds is 9. The smallest absolute Gasteiger partial charge is 0.255 e. The number of amides is 4. The molecule has 4 amide bonds. The van der Waals surface area contributed by atoms with Gasteiger partial charge in [0.2, 0.25) is 11.8 Å². The van der Waals surface area contributed by atoms with Crippen molar-refractivity contribution < 1.29 is 28.4 Å². The summed E-state index contributed by atoms with van der Waals surface area (Å²) in [7, 11) is 1.46. The van der Waals surface area contributed by atoms with Crippen molar-refractivity contribution in [2.24, 2.45) is 16.7 Å². The van der Waals surface area contributed by atoms with E-state index in [1.54, 1.807) is 0 Å². The van der Waals surface area contributed by atoms with Crippen molar-refractivity contribution in [2.75, 3.05) is 62.7 Å². The Morgan fingerprint density at radius 2 is 1.59 bits per heavy atom. The van der Waals surface area contributed by atoms with Crippen LogP contribution in [0.25, 0.3) is 0 Å². The molecule has 4 fully saturated rings. The molecule has 3 saturated heterocycles. The normalized spacial score (nSPS) is 22.6. The van der Waals surface area contributed by atoms with E-state index in [1.807, 2.05) is 17.0 Å². The van der Waals surface area contributed by atoms with Crippen LogP contribution < -0.4 is 20.4 Å². The molecular formula is C39H51FN6O5. The molecule has 274 valence electrons. The molecule has 4 aliphatic rings. The number of hydrogen-bond donors (Lipinski definition) is 2. The summed E-state index contributed by atoms with van der Waals surface area (Å²) in [4.78, 5) is 70.2. The Hall–Kier alpha value is -4.32. The van der Waals surface area contributed by atoms with Crippen molar-refractivity contribution in [3.8, 4) is 0 Å². The number of nitrogens with one attached hydrogen (secondary N) is 2. The predicted molar refractivity (Wildman–Crippen MR) is 194 cm³/mol. The van der Waals surface area contributed by atoms with Crippen LogP contribution in [0.15, 0.2) is 36.4 Å². The molecule has 1 atom stereocenters. The third-order valence-electron chi connectivity index (χ3n) is 11.6. The molecule has 1 unspecified atom stereocenters. The molecule has 1 saturated carbocycles. The summed E-state index contributed by atoms with van der Waals surface area (Å²) in [6, 6.07) is 9.78. The molecule has 0 radical (unpaired) electrons. The van der Waals surface area contributed by atoms with E-state index >= 15 is 4.39 Å². The molecule has 0 aromatic heterocycles. The van der Waals surface area contributed by atoms with Gasteiger partial charge in [-0.2, -0.15) is 0 Å². The number of carbonyl (C=O) groups excluding carboxylic acids is 5. The van der Waals surface area contributed by atoms with Crippen LogP contribution in [0.5, 0.6) is 0 Å². The minimum Gasteiger partial charge on any atom is -0.372 e. The van der Waals surface area contributed by atoms with Crippen molar-refractivity contribution in [3.05, 3.63) is 58.9 Å². The van der Waals surface area contributed by atoms with Gasteiger partial charge >= 0.3 is 0 Å². The van der Waals surface area contributed by atoms with Gasteiger partial charge in [0.15, 0.2) is 6.29 Å². The van der Waals surface area contributed by atoms with Gasteiger partial charge in [0.1, 0.15) is 11.9 Å². The van der Waals surface area contributed by atoms with E-state index < -0.39 is 23.7 Å². The second-order valence-electron chi connectivity index (χ2n) is 16.2. The van der Waals surface area contributed by atoms with E-state index in [0.717, 1.165) is 63.7 Å². The molecule has 2 aromatic rings. The number of anilines is 2. The van der Waals surface area contributed by atoms with Gasteiger partial charge < -0.3 is 20.0 Å². The third kappa shape index (κ3) is 7.66. The van der Waals surface area contributed by atoms with Crippen LogP contribution in [-0.2, 0) is 9.59 Å². The van der Waals surface area contributed by atoms with Gasteiger partial charge in [-0.05, 0) is 78.8 Å². The van der Waals surface area contributed by atoms with Gasteiger partial charge in [-0.15, -0.1) is 0 Å². The number of imide groups is 1. The first-order chi connectivity index (χ1) is 24.2. The second-order valence-corrected chi connectivity index (χ2v) is 16.2. The number of piperazine rings is 1. The maximum Gasteiger partial charge on any atom is 0.255 e. The van der Waals surface area contributed by atoms with Gasteiger partial charge in [0.25, 0.3) is 11.8 Å². The number of hydrogen-bond acceptors (Lipinski definition) is 8. The Labute approximate surface area is 299 Å². The predicted octanol–water partition coefficient (Wildman–Crippen LogP) is 4.11. The van der Waals surface area contributed by atoms with Crippen LogP contribution in [0.1, 0.15) is 90.9 Å². The van der Waals surface area contributed by atoms with Crippen molar-refractivity contribution >= 4 is 41.3 Å². The highest BCUT2D eigenvalue weighted by molar-refractivity contribution is 6.06. The molecule has 51 heavy (non-hydrogen) atoms. The van der Waals surface area contributed by atoms with Gasteiger partial charge in [-0.1, -0.05) is 27.7 Å². The van der Waals surface area contributed by atoms with E-state index in [-0.39, 0.29) is 58.3 Å². The molecular weight excluding hydrogens is 651 g/mol. The topological polar surface area (TPSA) is 122 Å². The lowest BCUT2D eigenvalue weighted by Crippen LogP contribution is -2.63. The van der Waals surface area contributed by atoms with Gasteiger partial charge in [-0.25, -0.2) is 4.39 Å². The Morgan fingerprint density at radius 1 is 0.941 bits per heavy atom.